The SMILES string of the molecule is COC(=O)C(N)C1=C(SC)NCN1C. The van der Waals surface area contributed by atoms with Crippen LogP contribution >= 0.6 is 11.8 Å². The van der Waals surface area contributed by atoms with E-state index in [0.717, 1.165) is 10.7 Å². The van der Waals surface area contributed by atoms with Crippen molar-refractivity contribution in [2.24, 2.45) is 5.73 Å². The van der Waals surface area contributed by atoms with Gasteiger partial charge < -0.3 is 20.7 Å². The summed E-state index contributed by atoms with van der Waals surface area (Å²) in [4.78, 5) is 13.2. The van der Waals surface area contributed by atoms with E-state index < -0.39 is 12.0 Å². The van der Waals surface area contributed by atoms with Crippen LogP contribution in [0, 0.1) is 0 Å². The van der Waals surface area contributed by atoms with Gasteiger partial charge in [-0.05, 0) is 6.26 Å². The number of rotatable bonds is 3. The number of nitrogens with one attached hydrogen (secondary N) is 1. The molecule has 5 nitrogen and oxygen atoms in total. The van der Waals surface area contributed by atoms with Crippen LogP contribution in [-0.4, -0.2) is 44.0 Å². The van der Waals surface area contributed by atoms with Crippen LogP contribution in [0.15, 0.2) is 10.7 Å². The second-order valence-electron chi connectivity index (χ2n) is 2.95. The Hall–Kier alpha value is -0.880. The van der Waals surface area contributed by atoms with E-state index in [1.165, 1.54) is 18.9 Å². The molecule has 1 aliphatic rings. The highest BCUT2D eigenvalue weighted by molar-refractivity contribution is 8.02. The Balaban J connectivity index is 2.87. The molecule has 0 spiro atoms. The van der Waals surface area contributed by atoms with Gasteiger partial charge in [-0.3, -0.25) is 0 Å². The highest BCUT2D eigenvalue weighted by Gasteiger charge is 2.29. The molecule has 1 atom stereocenters. The zero-order valence-electron chi connectivity index (χ0n) is 8.53. The Bertz CT molecular complexity index is 267. The number of thioether (sulfide) groups is 1. The molecule has 0 saturated carbocycles. The summed E-state index contributed by atoms with van der Waals surface area (Å²) in [6, 6.07) is -0.706. The first-order chi connectivity index (χ1) is 6.61. The number of methoxy groups -OCH3 is 1. The molecular weight excluding hydrogens is 202 g/mol. The third kappa shape index (κ3) is 1.96. The summed E-state index contributed by atoms with van der Waals surface area (Å²) < 4.78 is 4.60. The van der Waals surface area contributed by atoms with Gasteiger partial charge >= 0.3 is 5.97 Å². The minimum absolute atomic E-state index is 0.415. The van der Waals surface area contributed by atoms with Crippen LogP contribution in [0.4, 0.5) is 0 Å². The Labute approximate surface area is 87.6 Å². The van der Waals surface area contributed by atoms with Gasteiger partial charge in [0.05, 0.1) is 24.5 Å². The van der Waals surface area contributed by atoms with E-state index in [1.807, 2.05) is 18.2 Å². The molecule has 0 amide bonds. The molecule has 1 rings (SSSR count). The van der Waals surface area contributed by atoms with Crippen molar-refractivity contribution >= 4 is 17.7 Å². The summed E-state index contributed by atoms with van der Waals surface area (Å²) in [5, 5.41) is 4.08. The summed E-state index contributed by atoms with van der Waals surface area (Å²) in [6.45, 7) is 0.677. The lowest BCUT2D eigenvalue weighted by Gasteiger charge is -2.19. The number of likely N-dealkylation sites (N-methyl/N-ethyl adjacent to an activating group) is 1. The average Bonchev–Trinajstić information content (AvgIpc) is 2.57. The lowest BCUT2D eigenvalue weighted by molar-refractivity contribution is -0.141. The Morgan fingerprint density at radius 2 is 2.43 bits per heavy atom. The fourth-order valence-corrected chi connectivity index (χ4v) is 2.03. The second kappa shape index (κ2) is 4.56. The van der Waals surface area contributed by atoms with E-state index in [9.17, 15) is 4.79 Å². The fourth-order valence-electron chi connectivity index (χ4n) is 1.33. The molecule has 80 valence electrons. The van der Waals surface area contributed by atoms with Gasteiger partial charge in [-0.2, -0.15) is 0 Å². The Kier molecular flexibility index (Phi) is 3.65. The molecule has 1 unspecified atom stereocenters. The van der Waals surface area contributed by atoms with Gasteiger partial charge in [0.1, 0.15) is 6.04 Å². The topological polar surface area (TPSA) is 67.6 Å². The fraction of sp³-hybridized carbons (Fsp3) is 0.625. The summed E-state index contributed by atoms with van der Waals surface area (Å²) in [5.74, 6) is -0.415. The lowest BCUT2D eigenvalue weighted by Crippen LogP contribution is -2.38. The second-order valence-corrected chi connectivity index (χ2v) is 3.77. The van der Waals surface area contributed by atoms with Crippen LogP contribution in [0.2, 0.25) is 0 Å². The first kappa shape index (κ1) is 11.2. The summed E-state index contributed by atoms with van der Waals surface area (Å²) in [5.41, 5.74) is 6.56. The molecule has 6 heteroatoms. The molecule has 0 fully saturated rings. The van der Waals surface area contributed by atoms with Gasteiger partial charge in [0.2, 0.25) is 0 Å². The van der Waals surface area contributed by atoms with Crippen molar-refractivity contribution < 1.29 is 9.53 Å². The third-order valence-corrected chi connectivity index (χ3v) is 2.84. The summed E-state index contributed by atoms with van der Waals surface area (Å²) >= 11 is 1.54. The zero-order chi connectivity index (χ0) is 10.7. The molecule has 3 N–H and O–H groups in total. The quantitative estimate of drug-likeness (QED) is 0.622. The van der Waals surface area contributed by atoms with E-state index >= 15 is 0 Å². The maximum absolute atomic E-state index is 11.3. The van der Waals surface area contributed by atoms with Gasteiger partial charge in [-0.1, -0.05) is 0 Å². The number of nitrogens with two attached hydrogens (primary N) is 1. The van der Waals surface area contributed by atoms with Crippen LogP contribution in [0.25, 0.3) is 0 Å². The molecule has 0 aromatic rings. The smallest absolute Gasteiger partial charge is 0.328 e. The van der Waals surface area contributed by atoms with Crippen LogP contribution in [-0.2, 0) is 9.53 Å². The van der Waals surface area contributed by atoms with Crippen molar-refractivity contribution in [1.82, 2.24) is 10.2 Å². The molecule has 0 aromatic heterocycles. The number of hydrogen-bond donors (Lipinski definition) is 2. The van der Waals surface area contributed by atoms with Crippen molar-refractivity contribution in [2.45, 2.75) is 6.04 Å². The van der Waals surface area contributed by atoms with Crippen molar-refractivity contribution in [3.05, 3.63) is 10.7 Å². The molecular formula is C8H15N3O2S. The first-order valence-electron chi connectivity index (χ1n) is 4.18. The van der Waals surface area contributed by atoms with Crippen molar-refractivity contribution in [2.75, 3.05) is 27.1 Å². The van der Waals surface area contributed by atoms with Crippen LogP contribution in [0.5, 0.6) is 0 Å². The van der Waals surface area contributed by atoms with E-state index in [4.69, 9.17) is 5.73 Å². The zero-order valence-corrected chi connectivity index (χ0v) is 9.35. The predicted molar refractivity (Wildman–Crippen MR) is 56.3 cm³/mol. The minimum atomic E-state index is -0.706. The number of nitrogens with zero attached hydrogens (tertiary/aromatic N) is 1. The van der Waals surface area contributed by atoms with Gasteiger partial charge in [0.15, 0.2) is 0 Å². The molecule has 14 heavy (non-hydrogen) atoms. The van der Waals surface area contributed by atoms with Crippen LogP contribution in [0.3, 0.4) is 0 Å². The predicted octanol–water partition coefficient (Wildman–Crippen LogP) is -0.489. The third-order valence-electron chi connectivity index (χ3n) is 2.07. The Morgan fingerprint density at radius 1 is 1.79 bits per heavy atom. The van der Waals surface area contributed by atoms with Crippen molar-refractivity contribution in [3.8, 4) is 0 Å². The normalized spacial score (nSPS) is 18.1. The molecule has 0 saturated heterocycles. The highest BCUT2D eigenvalue weighted by atomic mass is 32.2. The van der Waals surface area contributed by atoms with E-state index in [0.29, 0.717) is 6.67 Å². The van der Waals surface area contributed by atoms with E-state index in [1.54, 1.807) is 0 Å². The minimum Gasteiger partial charge on any atom is -0.468 e. The number of carbonyl (C=O) groups excluding carboxylic acids is 1. The summed E-state index contributed by atoms with van der Waals surface area (Å²) in [6.07, 6.45) is 1.94. The number of hydrogen-bond acceptors (Lipinski definition) is 6. The maximum Gasteiger partial charge on any atom is 0.328 e. The van der Waals surface area contributed by atoms with Crippen molar-refractivity contribution in [3.63, 3.8) is 0 Å². The van der Waals surface area contributed by atoms with E-state index in [2.05, 4.69) is 10.1 Å². The van der Waals surface area contributed by atoms with Crippen LogP contribution < -0.4 is 11.1 Å². The van der Waals surface area contributed by atoms with E-state index in [-0.39, 0.29) is 0 Å². The summed E-state index contributed by atoms with van der Waals surface area (Å²) in [7, 11) is 3.22. The molecule has 0 aliphatic carbocycles. The van der Waals surface area contributed by atoms with Crippen molar-refractivity contribution in [1.29, 1.82) is 0 Å². The molecule has 0 radical (unpaired) electrons. The maximum atomic E-state index is 11.3. The van der Waals surface area contributed by atoms with Crippen LogP contribution in [0.1, 0.15) is 0 Å². The highest BCUT2D eigenvalue weighted by Crippen LogP contribution is 2.23. The molecule has 1 aliphatic heterocycles. The molecule has 1 heterocycles. The monoisotopic (exact) mass is 217 g/mol. The first-order valence-corrected chi connectivity index (χ1v) is 5.40. The molecule has 0 aromatic carbocycles. The van der Waals surface area contributed by atoms with Gasteiger partial charge in [-0.15, -0.1) is 11.8 Å². The largest absolute Gasteiger partial charge is 0.468 e. The Morgan fingerprint density at radius 3 is 2.93 bits per heavy atom. The average molecular weight is 217 g/mol. The number of esters is 1. The van der Waals surface area contributed by atoms with Gasteiger partial charge in [0, 0.05) is 7.05 Å². The standard InChI is InChI=1S/C8H15N3O2S/c1-11-4-10-7(14-3)6(11)5(9)8(12)13-2/h5,10H,4,9H2,1-3H3. The molecule has 0 bridgehead atoms. The van der Waals surface area contributed by atoms with Gasteiger partial charge in [0.25, 0.3) is 0 Å². The lowest BCUT2D eigenvalue weighted by atomic mass is 10.2. The number of ether oxygens (including phenoxy) is 1. The number of carbonyl (C=O) groups is 1. The van der Waals surface area contributed by atoms with Gasteiger partial charge in [-0.25, -0.2) is 4.79 Å².